The average Bonchev–Trinajstić information content (AvgIpc) is 3.57. The number of methoxy groups -OCH3 is 1. The molecule has 8 nitrogen and oxygen atoms in total. The Morgan fingerprint density at radius 3 is 2.80 bits per heavy atom. The lowest BCUT2D eigenvalue weighted by molar-refractivity contribution is 0.226. The first kappa shape index (κ1) is 22.9. The summed E-state index contributed by atoms with van der Waals surface area (Å²) in [5.41, 5.74) is 17.7. The lowest BCUT2D eigenvalue weighted by Crippen LogP contribution is -2.19. The van der Waals surface area contributed by atoms with Crippen LogP contribution in [-0.2, 0) is 6.42 Å². The van der Waals surface area contributed by atoms with Gasteiger partial charge in [0.25, 0.3) is 0 Å². The summed E-state index contributed by atoms with van der Waals surface area (Å²) >= 11 is 0. The molecule has 0 saturated heterocycles. The Bertz CT molecular complexity index is 1340. The predicted octanol–water partition coefficient (Wildman–Crippen LogP) is 4.13. The minimum atomic E-state index is -0.541. The van der Waals surface area contributed by atoms with Crippen molar-refractivity contribution < 1.29 is 13.9 Å². The van der Waals surface area contributed by atoms with Crippen molar-refractivity contribution in [1.29, 1.82) is 0 Å². The quantitative estimate of drug-likeness (QED) is 0.588. The second-order valence-electron chi connectivity index (χ2n) is 9.13. The van der Waals surface area contributed by atoms with Gasteiger partial charge in [0.05, 0.1) is 24.2 Å². The summed E-state index contributed by atoms with van der Waals surface area (Å²) in [5, 5.41) is 4.63. The molecule has 182 valence electrons. The highest BCUT2D eigenvalue weighted by Gasteiger charge is 2.26. The smallest absolute Gasteiger partial charge is 0.233 e. The molecule has 3 aromatic rings. The Kier molecular flexibility index (Phi) is 5.92. The van der Waals surface area contributed by atoms with Gasteiger partial charge in [0.1, 0.15) is 11.9 Å². The van der Waals surface area contributed by atoms with E-state index in [4.69, 9.17) is 25.9 Å². The SMILES string of the molecule is COc1cc2n(n1)-c1ccc(F)cc1C(C)Oc1cc(cnc1N)C(=NCC1CC1)C(=C(C)N)C2. The van der Waals surface area contributed by atoms with Gasteiger partial charge in [-0.3, -0.25) is 4.99 Å². The van der Waals surface area contributed by atoms with E-state index in [-0.39, 0.29) is 11.6 Å². The third-order valence-electron chi connectivity index (χ3n) is 6.41. The fourth-order valence-electron chi connectivity index (χ4n) is 4.28. The van der Waals surface area contributed by atoms with E-state index in [1.54, 1.807) is 24.1 Å². The molecule has 1 aliphatic heterocycles. The summed E-state index contributed by atoms with van der Waals surface area (Å²) in [6, 6.07) is 8.24. The number of rotatable bonds is 3. The molecule has 1 aromatic carbocycles. The molecule has 5 rings (SSSR count). The number of benzene rings is 1. The van der Waals surface area contributed by atoms with Crippen molar-refractivity contribution >= 4 is 11.5 Å². The molecule has 2 aromatic heterocycles. The van der Waals surface area contributed by atoms with Crippen LogP contribution in [-0.4, -0.2) is 34.1 Å². The number of anilines is 1. The first-order chi connectivity index (χ1) is 16.8. The number of hydrogen-bond donors (Lipinski definition) is 2. The van der Waals surface area contributed by atoms with Gasteiger partial charge < -0.3 is 20.9 Å². The van der Waals surface area contributed by atoms with E-state index in [1.807, 2.05) is 26.0 Å². The van der Waals surface area contributed by atoms with Gasteiger partial charge >= 0.3 is 0 Å². The van der Waals surface area contributed by atoms with Crippen molar-refractivity contribution in [1.82, 2.24) is 14.8 Å². The van der Waals surface area contributed by atoms with Crippen LogP contribution in [0.15, 0.2) is 52.8 Å². The Hall–Kier alpha value is -3.88. The first-order valence-corrected chi connectivity index (χ1v) is 11.7. The van der Waals surface area contributed by atoms with Gasteiger partial charge in [-0.05, 0) is 56.9 Å². The van der Waals surface area contributed by atoms with Crippen LogP contribution in [0.4, 0.5) is 10.2 Å². The number of aromatic nitrogens is 3. The van der Waals surface area contributed by atoms with Crippen LogP contribution in [0.1, 0.15) is 49.6 Å². The Morgan fingerprint density at radius 2 is 2.09 bits per heavy atom. The molecule has 35 heavy (non-hydrogen) atoms. The van der Waals surface area contributed by atoms with Crippen LogP contribution in [0.25, 0.3) is 5.69 Å². The van der Waals surface area contributed by atoms with Gasteiger partial charge in [-0.2, -0.15) is 0 Å². The predicted molar refractivity (Wildman–Crippen MR) is 132 cm³/mol. The molecule has 2 bridgehead atoms. The molecule has 2 aliphatic rings. The van der Waals surface area contributed by atoms with E-state index >= 15 is 0 Å². The average molecular weight is 477 g/mol. The maximum absolute atomic E-state index is 14.4. The Labute approximate surface area is 203 Å². The molecule has 1 saturated carbocycles. The Morgan fingerprint density at radius 1 is 1.29 bits per heavy atom. The van der Waals surface area contributed by atoms with Crippen molar-refractivity contribution in [3.05, 3.63) is 70.4 Å². The number of fused-ring (bicyclic) bond motifs is 5. The van der Waals surface area contributed by atoms with Crippen molar-refractivity contribution in [2.75, 3.05) is 19.4 Å². The molecule has 9 heteroatoms. The molecule has 3 heterocycles. The van der Waals surface area contributed by atoms with Gasteiger partial charge in [-0.15, -0.1) is 5.10 Å². The monoisotopic (exact) mass is 476 g/mol. The molecule has 1 fully saturated rings. The zero-order chi connectivity index (χ0) is 24.7. The third-order valence-corrected chi connectivity index (χ3v) is 6.41. The second kappa shape index (κ2) is 9.05. The molecule has 1 atom stereocenters. The van der Waals surface area contributed by atoms with E-state index in [2.05, 4.69) is 10.1 Å². The van der Waals surface area contributed by atoms with Gasteiger partial charge in [0.2, 0.25) is 5.88 Å². The third kappa shape index (κ3) is 4.58. The van der Waals surface area contributed by atoms with Gasteiger partial charge in [0, 0.05) is 47.6 Å². The number of nitrogens with two attached hydrogens (primary N) is 2. The van der Waals surface area contributed by atoms with Gasteiger partial charge in [-0.1, -0.05) is 0 Å². The molecule has 0 radical (unpaired) electrons. The van der Waals surface area contributed by atoms with Crippen molar-refractivity contribution in [3.63, 3.8) is 0 Å². The summed E-state index contributed by atoms with van der Waals surface area (Å²) in [4.78, 5) is 9.37. The van der Waals surface area contributed by atoms with Crippen LogP contribution >= 0.6 is 0 Å². The van der Waals surface area contributed by atoms with Crippen LogP contribution in [0.3, 0.4) is 0 Å². The fourth-order valence-corrected chi connectivity index (χ4v) is 4.28. The van der Waals surface area contributed by atoms with Crippen LogP contribution in [0.2, 0.25) is 0 Å². The molecule has 4 N–H and O–H groups in total. The lowest BCUT2D eigenvalue weighted by atomic mass is 9.96. The van der Waals surface area contributed by atoms with E-state index in [9.17, 15) is 4.39 Å². The van der Waals surface area contributed by atoms with E-state index in [0.717, 1.165) is 22.5 Å². The summed E-state index contributed by atoms with van der Waals surface area (Å²) in [6.07, 6.45) is 3.95. The van der Waals surface area contributed by atoms with Crippen molar-refractivity contribution in [2.24, 2.45) is 16.6 Å². The number of hydrogen-bond acceptors (Lipinski definition) is 7. The maximum atomic E-state index is 14.4. The topological polar surface area (TPSA) is 114 Å². The number of aliphatic imine (C=N–C) groups is 1. The highest BCUT2D eigenvalue weighted by atomic mass is 19.1. The summed E-state index contributed by atoms with van der Waals surface area (Å²) < 4.78 is 27.8. The normalized spacial score (nSPS) is 20.2. The lowest BCUT2D eigenvalue weighted by Gasteiger charge is -2.23. The molecule has 0 spiro atoms. The van der Waals surface area contributed by atoms with Crippen LogP contribution in [0, 0.1) is 11.7 Å². The van der Waals surface area contributed by atoms with Crippen molar-refractivity contribution in [2.45, 2.75) is 39.2 Å². The van der Waals surface area contributed by atoms with E-state index in [0.29, 0.717) is 47.5 Å². The summed E-state index contributed by atoms with van der Waals surface area (Å²) in [6.45, 7) is 4.42. The molecular weight excluding hydrogens is 447 g/mol. The molecule has 0 amide bonds. The van der Waals surface area contributed by atoms with Crippen molar-refractivity contribution in [3.8, 4) is 17.3 Å². The second-order valence-corrected chi connectivity index (χ2v) is 9.13. The highest BCUT2D eigenvalue weighted by molar-refractivity contribution is 6.13. The standard InChI is InChI=1S/C26H29FN6O2/c1-14(28)20-10-19-11-24(34-3)32-33(19)22-7-6-18(27)9-21(22)15(2)35-23-8-17(13-31-26(23)29)25(20)30-12-16-4-5-16/h6-9,11,13,15-16H,4-5,10,12,28H2,1-3H3,(H2,29,31). The number of nitrogen functional groups attached to an aromatic ring is 1. The number of halogens is 1. The number of pyridine rings is 1. The zero-order valence-electron chi connectivity index (χ0n) is 20.1. The van der Waals surface area contributed by atoms with E-state index < -0.39 is 6.10 Å². The van der Waals surface area contributed by atoms with Gasteiger partial charge in [-0.25, -0.2) is 14.1 Å². The zero-order valence-corrected chi connectivity index (χ0v) is 20.1. The van der Waals surface area contributed by atoms with Crippen LogP contribution < -0.4 is 20.9 Å². The molecular formula is C26H29FN6O2. The van der Waals surface area contributed by atoms with Crippen LogP contribution in [0.5, 0.6) is 11.6 Å². The number of nitrogens with zero attached hydrogens (tertiary/aromatic N) is 4. The minimum absolute atomic E-state index is 0.244. The maximum Gasteiger partial charge on any atom is 0.233 e. The number of ether oxygens (including phenoxy) is 2. The molecule has 1 aliphatic carbocycles. The largest absolute Gasteiger partial charge is 0.482 e. The summed E-state index contributed by atoms with van der Waals surface area (Å²) in [7, 11) is 1.56. The highest BCUT2D eigenvalue weighted by Crippen LogP contribution is 2.34. The number of allylic oxidation sites excluding steroid dienone is 2. The fraction of sp³-hybridized carbons (Fsp3) is 0.346. The van der Waals surface area contributed by atoms with Gasteiger partial charge in [0.15, 0.2) is 11.6 Å². The molecule has 1 unspecified atom stereocenters. The summed E-state index contributed by atoms with van der Waals surface area (Å²) in [5.74, 6) is 1.30. The van der Waals surface area contributed by atoms with E-state index in [1.165, 1.54) is 25.0 Å². The Balaban J connectivity index is 1.76. The minimum Gasteiger partial charge on any atom is -0.482 e. The first-order valence-electron chi connectivity index (χ1n) is 11.7.